The van der Waals surface area contributed by atoms with Gasteiger partial charge in [0, 0.05) is 7.11 Å². The lowest BCUT2D eigenvalue weighted by atomic mass is 9.93. The summed E-state index contributed by atoms with van der Waals surface area (Å²) >= 11 is 0. The predicted molar refractivity (Wildman–Crippen MR) is 51.2 cm³/mol. The van der Waals surface area contributed by atoms with Crippen LogP contribution in [0, 0.1) is 0 Å². The Hall–Kier alpha value is -0.200. The molecule has 2 saturated heterocycles. The molecule has 0 aliphatic carbocycles. The van der Waals surface area contributed by atoms with Gasteiger partial charge in [0.05, 0.1) is 6.61 Å². The fourth-order valence-corrected chi connectivity index (χ4v) is 2.10. The molecule has 0 saturated carbocycles. The number of rotatable bonds is 1. The van der Waals surface area contributed by atoms with Crippen LogP contribution in [0.15, 0.2) is 0 Å². The molecule has 2 fully saturated rings. The summed E-state index contributed by atoms with van der Waals surface area (Å²) in [5, 5.41) is 10.1. The van der Waals surface area contributed by atoms with Gasteiger partial charge in [0.25, 0.3) is 0 Å². The Labute approximate surface area is 89.3 Å². The third-order valence-electron chi connectivity index (χ3n) is 2.78. The van der Waals surface area contributed by atoms with Crippen molar-refractivity contribution in [2.75, 3.05) is 13.7 Å². The predicted octanol–water partition coefficient (Wildman–Crippen LogP) is 0.260. The zero-order chi connectivity index (χ0) is 11.3. The normalized spacial score (nSPS) is 49.0. The number of hydrogen-bond donors (Lipinski definition) is 1. The molecule has 5 nitrogen and oxygen atoms in total. The lowest BCUT2D eigenvalue weighted by Crippen LogP contribution is -2.58. The van der Waals surface area contributed by atoms with Gasteiger partial charge in [-0.1, -0.05) is 0 Å². The van der Waals surface area contributed by atoms with Crippen LogP contribution >= 0.6 is 0 Å². The van der Waals surface area contributed by atoms with Crippen molar-refractivity contribution in [1.29, 1.82) is 0 Å². The molecule has 0 radical (unpaired) electrons. The van der Waals surface area contributed by atoms with Crippen molar-refractivity contribution in [3.63, 3.8) is 0 Å². The van der Waals surface area contributed by atoms with E-state index in [9.17, 15) is 5.11 Å². The zero-order valence-electron chi connectivity index (χ0n) is 9.52. The third-order valence-corrected chi connectivity index (χ3v) is 2.78. The second kappa shape index (κ2) is 3.40. The largest absolute Gasteiger partial charge is 0.385 e. The Kier molecular flexibility index (Phi) is 2.56. The van der Waals surface area contributed by atoms with Crippen molar-refractivity contribution in [3.8, 4) is 0 Å². The molecule has 2 aliphatic heterocycles. The van der Waals surface area contributed by atoms with Crippen LogP contribution in [0.1, 0.15) is 20.8 Å². The molecule has 88 valence electrons. The van der Waals surface area contributed by atoms with Crippen molar-refractivity contribution in [2.24, 2.45) is 0 Å². The van der Waals surface area contributed by atoms with Crippen LogP contribution in [0.4, 0.5) is 0 Å². The molecule has 0 spiro atoms. The highest BCUT2D eigenvalue weighted by atomic mass is 16.8. The summed E-state index contributed by atoms with van der Waals surface area (Å²) in [6, 6.07) is 0. The SMILES string of the molecule is CO[C@@H]1OC[C@@](C)(O)[C@H]2OC(C)(C)O[C@@H]12. The van der Waals surface area contributed by atoms with Crippen LogP contribution in [0.3, 0.4) is 0 Å². The van der Waals surface area contributed by atoms with Gasteiger partial charge in [-0.3, -0.25) is 0 Å². The molecular formula is C10H18O5. The average molecular weight is 218 g/mol. The molecule has 2 aliphatic rings. The minimum atomic E-state index is -1.03. The van der Waals surface area contributed by atoms with Crippen LogP contribution in [-0.2, 0) is 18.9 Å². The molecule has 0 bridgehead atoms. The average Bonchev–Trinajstić information content (AvgIpc) is 2.43. The van der Waals surface area contributed by atoms with Gasteiger partial charge in [-0.25, -0.2) is 0 Å². The van der Waals surface area contributed by atoms with Gasteiger partial charge in [-0.2, -0.15) is 0 Å². The van der Waals surface area contributed by atoms with E-state index in [1.165, 1.54) is 0 Å². The van der Waals surface area contributed by atoms with E-state index in [4.69, 9.17) is 18.9 Å². The molecule has 5 heteroatoms. The number of ether oxygens (including phenoxy) is 4. The standard InChI is InChI=1S/C10H18O5/c1-9(2)14-6-7(15-9)10(3,11)5-13-8(6)12-4/h6-8,11H,5H2,1-4H3/t6-,7+,8-,10-/m1/s1. The Balaban J connectivity index is 2.22. The summed E-state index contributed by atoms with van der Waals surface area (Å²) < 4.78 is 21.9. The monoisotopic (exact) mass is 218 g/mol. The van der Waals surface area contributed by atoms with Crippen LogP contribution in [0.5, 0.6) is 0 Å². The minimum absolute atomic E-state index is 0.187. The van der Waals surface area contributed by atoms with E-state index < -0.39 is 23.8 Å². The highest BCUT2D eigenvalue weighted by Gasteiger charge is 2.56. The Morgan fingerprint density at radius 2 is 1.93 bits per heavy atom. The molecule has 0 unspecified atom stereocenters. The maximum Gasteiger partial charge on any atom is 0.186 e. The lowest BCUT2D eigenvalue weighted by Gasteiger charge is -2.39. The molecule has 2 heterocycles. The first-order valence-corrected chi connectivity index (χ1v) is 5.08. The Morgan fingerprint density at radius 3 is 2.53 bits per heavy atom. The number of fused-ring (bicyclic) bond motifs is 1. The first-order chi connectivity index (χ1) is 6.86. The van der Waals surface area contributed by atoms with E-state index in [0.717, 1.165) is 0 Å². The number of aliphatic hydroxyl groups is 1. The van der Waals surface area contributed by atoms with E-state index in [-0.39, 0.29) is 12.7 Å². The number of hydrogen-bond acceptors (Lipinski definition) is 5. The summed E-state index contributed by atoms with van der Waals surface area (Å²) in [5.74, 6) is -0.705. The molecule has 0 amide bonds. The second-order valence-corrected chi connectivity index (χ2v) is 4.79. The highest BCUT2D eigenvalue weighted by Crippen LogP contribution is 2.39. The van der Waals surface area contributed by atoms with Crippen molar-refractivity contribution in [2.45, 2.75) is 50.7 Å². The molecule has 0 aromatic rings. The fourth-order valence-electron chi connectivity index (χ4n) is 2.10. The summed E-state index contributed by atoms with van der Waals surface area (Å²) in [7, 11) is 1.55. The molecule has 1 N–H and O–H groups in total. The summed E-state index contributed by atoms with van der Waals surface area (Å²) in [5.41, 5.74) is -1.03. The molecule has 0 aromatic carbocycles. The lowest BCUT2D eigenvalue weighted by molar-refractivity contribution is -0.260. The second-order valence-electron chi connectivity index (χ2n) is 4.79. The van der Waals surface area contributed by atoms with Gasteiger partial charge in [-0.05, 0) is 20.8 Å². The molecule has 4 atom stereocenters. The van der Waals surface area contributed by atoms with Crippen molar-refractivity contribution >= 4 is 0 Å². The summed E-state index contributed by atoms with van der Waals surface area (Å²) in [4.78, 5) is 0. The third kappa shape index (κ3) is 1.90. The van der Waals surface area contributed by atoms with E-state index in [2.05, 4.69) is 0 Å². The van der Waals surface area contributed by atoms with Gasteiger partial charge in [0.15, 0.2) is 12.1 Å². The Morgan fingerprint density at radius 1 is 1.27 bits per heavy atom. The molecular weight excluding hydrogens is 200 g/mol. The smallest absolute Gasteiger partial charge is 0.186 e. The van der Waals surface area contributed by atoms with Crippen LogP contribution in [-0.4, -0.2) is 48.7 Å². The quantitative estimate of drug-likeness (QED) is 0.684. The van der Waals surface area contributed by atoms with Gasteiger partial charge in [-0.15, -0.1) is 0 Å². The number of methoxy groups -OCH3 is 1. The van der Waals surface area contributed by atoms with Gasteiger partial charge >= 0.3 is 0 Å². The van der Waals surface area contributed by atoms with Crippen molar-refractivity contribution < 1.29 is 24.1 Å². The molecule has 2 rings (SSSR count). The van der Waals surface area contributed by atoms with Crippen LogP contribution in [0.25, 0.3) is 0 Å². The highest BCUT2D eigenvalue weighted by molar-refractivity contribution is 4.99. The van der Waals surface area contributed by atoms with Crippen LogP contribution < -0.4 is 0 Å². The van der Waals surface area contributed by atoms with Crippen LogP contribution in [0.2, 0.25) is 0 Å². The topological polar surface area (TPSA) is 57.2 Å². The van der Waals surface area contributed by atoms with E-state index in [1.807, 2.05) is 13.8 Å². The van der Waals surface area contributed by atoms with E-state index in [0.29, 0.717) is 0 Å². The first kappa shape index (κ1) is 11.3. The van der Waals surface area contributed by atoms with Gasteiger partial charge < -0.3 is 24.1 Å². The zero-order valence-corrected chi connectivity index (χ0v) is 9.52. The maximum absolute atomic E-state index is 10.1. The maximum atomic E-state index is 10.1. The van der Waals surface area contributed by atoms with Gasteiger partial charge in [0.2, 0.25) is 0 Å². The molecule has 0 aromatic heterocycles. The van der Waals surface area contributed by atoms with Crippen molar-refractivity contribution in [3.05, 3.63) is 0 Å². The summed E-state index contributed by atoms with van der Waals surface area (Å²) in [6.45, 7) is 5.50. The summed E-state index contributed by atoms with van der Waals surface area (Å²) in [6.07, 6.45) is -1.27. The minimum Gasteiger partial charge on any atom is -0.385 e. The van der Waals surface area contributed by atoms with Crippen molar-refractivity contribution in [1.82, 2.24) is 0 Å². The molecule has 15 heavy (non-hydrogen) atoms. The first-order valence-electron chi connectivity index (χ1n) is 5.08. The van der Waals surface area contributed by atoms with Gasteiger partial charge in [0.1, 0.15) is 17.8 Å². The van der Waals surface area contributed by atoms with E-state index in [1.54, 1.807) is 14.0 Å². The fraction of sp³-hybridized carbons (Fsp3) is 1.00. The van der Waals surface area contributed by atoms with E-state index >= 15 is 0 Å². The Bertz CT molecular complexity index is 250.